The van der Waals surface area contributed by atoms with Crippen molar-refractivity contribution < 1.29 is 9.59 Å². The number of amides is 2. The van der Waals surface area contributed by atoms with E-state index in [1.54, 1.807) is 4.90 Å². The Balaban J connectivity index is 2.58. The van der Waals surface area contributed by atoms with Crippen molar-refractivity contribution in [2.24, 2.45) is 0 Å². The van der Waals surface area contributed by atoms with Gasteiger partial charge in [0.25, 0.3) is 0 Å². The molecule has 2 N–H and O–H groups in total. The zero-order valence-electron chi connectivity index (χ0n) is 8.67. The van der Waals surface area contributed by atoms with Gasteiger partial charge in [0.05, 0.1) is 0 Å². The van der Waals surface area contributed by atoms with Crippen LogP contribution in [-0.2, 0) is 9.59 Å². The molecule has 5 heteroatoms. The SMILES string of the molecule is CNCC(C)N1CCNC(=O)CC1=O. The molecule has 0 saturated carbocycles. The van der Waals surface area contributed by atoms with Crippen molar-refractivity contribution in [2.75, 3.05) is 26.7 Å². The van der Waals surface area contributed by atoms with Gasteiger partial charge in [0.2, 0.25) is 11.8 Å². The molecule has 0 spiro atoms. The zero-order valence-corrected chi connectivity index (χ0v) is 8.67. The number of hydrogen-bond donors (Lipinski definition) is 2. The van der Waals surface area contributed by atoms with Crippen LogP contribution in [0.3, 0.4) is 0 Å². The lowest BCUT2D eigenvalue weighted by atomic mass is 10.2. The van der Waals surface area contributed by atoms with Crippen LogP contribution in [0.15, 0.2) is 0 Å². The van der Waals surface area contributed by atoms with Gasteiger partial charge in [0, 0.05) is 25.7 Å². The van der Waals surface area contributed by atoms with Crippen molar-refractivity contribution in [1.82, 2.24) is 15.5 Å². The molecule has 0 aliphatic carbocycles. The summed E-state index contributed by atoms with van der Waals surface area (Å²) >= 11 is 0. The number of nitrogens with zero attached hydrogens (tertiary/aromatic N) is 1. The van der Waals surface area contributed by atoms with Crippen LogP contribution in [0.25, 0.3) is 0 Å². The fourth-order valence-electron chi connectivity index (χ4n) is 1.61. The largest absolute Gasteiger partial charge is 0.354 e. The molecule has 1 atom stereocenters. The molecular formula is C9H17N3O2. The fourth-order valence-corrected chi connectivity index (χ4v) is 1.61. The molecule has 80 valence electrons. The lowest BCUT2D eigenvalue weighted by Gasteiger charge is -2.27. The van der Waals surface area contributed by atoms with E-state index in [0.717, 1.165) is 6.54 Å². The quantitative estimate of drug-likeness (QED) is 0.570. The van der Waals surface area contributed by atoms with E-state index < -0.39 is 0 Å². The van der Waals surface area contributed by atoms with E-state index in [9.17, 15) is 9.59 Å². The van der Waals surface area contributed by atoms with E-state index >= 15 is 0 Å². The molecule has 0 bridgehead atoms. The first-order valence-corrected chi connectivity index (χ1v) is 4.86. The summed E-state index contributed by atoms with van der Waals surface area (Å²) in [6.07, 6.45) is -0.0198. The van der Waals surface area contributed by atoms with Gasteiger partial charge >= 0.3 is 0 Å². The van der Waals surface area contributed by atoms with Gasteiger partial charge in [-0.15, -0.1) is 0 Å². The Kier molecular flexibility index (Phi) is 3.88. The Morgan fingerprint density at radius 3 is 2.93 bits per heavy atom. The maximum absolute atomic E-state index is 11.6. The van der Waals surface area contributed by atoms with Crippen molar-refractivity contribution in [3.63, 3.8) is 0 Å². The zero-order chi connectivity index (χ0) is 10.6. The Labute approximate surface area is 83.8 Å². The number of hydrogen-bond acceptors (Lipinski definition) is 3. The number of likely N-dealkylation sites (N-methyl/N-ethyl adjacent to an activating group) is 1. The van der Waals surface area contributed by atoms with Crippen molar-refractivity contribution in [3.05, 3.63) is 0 Å². The monoisotopic (exact) mass is 199 g/mol. The van der Waals surface area contributed by atoms with Crippen LogP contribution in [0.4, 0.5) is 0 Å². The number of nitrogens with one attached hydrogen (secondary N) is 2. The lowest BCUT2D eigenvalue weighted by molar-refractivity contribution is -0.135. The first kappa shape index (κ1) is 11.0. The fraction of sp³-hybridized carbons (Fsp3) is 0.778. The summed E-state index contributed by atoms with van der Waals surface area (Å²) < 4.78 is 0. The number of carbonyl (C=O) groups excluding carboxylic acids is 2. The summed E-state index contributed by atoms with van der Waals surface area (Å²) in [6.45, 7) is 3.89. The van der Waals surface area contributed by atoms with Gasteiger partial charge in [-0.1, -0.05) is 0 Å². The molecule has 5 nitrogen and oxygen atoms in total. The van der Waals surface area contributed by atoms with Crippen molar-refractivity contribution in [3.8, 4) is 0 Å². The highest BCUT2D eigenvalue weighted by Gasteiger charge is 2.24. The van der Waals surface area contributed by atoms with Gasteiger partial charge in [0.15, 0.2) is 0 Å². The Morgan fingerprint density at radius 1 is 1.57 bits per heavy atom. The van der Waals surface area contributed by atoms with Crippen LogP contribution in [0, 0.1) is 0 Å². The minimum absolute atomic E-state index is 0.0198. The van der Waals surface area contributed by atoms with E-state index in [2.05, 4.69) is 10.6 Å². The smallest absolute Gasteiger partial charge is 0.232 e. The molecular weight excluding hydrogens is 182 g/mol. The molecule has 0 radical (unpaired) electrons. The Morgan fingerprint density at radius 2 is 2.29 bits per heavy atom. The summed E-state index contributed by atoms with van der Waals surface area (Å²) in [5, 5.41) is 5.70. The second-order valence-corrected chi connectivity index (χ2v) is 3.52. The van der Waals surface area contributed by atoms with E-state index in [1.807, 2.05) is 14.0 Å². The van der Waals surface area contributed by atoms with Gasteiger partial charge in [0.1, 0.15) is 6.42 Å². The summed E-state index contributed by atoms with van der Waals surface area (Å²) in [5.41, 5.74) is 0. The van der Waals surface area contributed by atoms with E-state index in [1.165, 1.54) is 0 Å². The number of rotatable bonds is 3. The van der Waals surface area contributed by atoms with Gasteiger partial charge in [-0.05, 0) is 14.0 Å². The van der Waals surface area contributed by atoms with Crippen molar-refractivity contribution >= 4 is 11.8 Å². The van der Waals surface area contributed by atoms with Crippen LogP contribution in [0.1, 0.15) is 13.3 Å². The standard InChI is InChI=1S/C9H17N3O2/c1-7(6-10-2)12-4-3-11-8(13)5-9(12)14/h7,10H,3-6H2,1-2H3,(H,11,13). The predicted molar refractivity (Wildman–Crippen MR) is 52.7 cm³/mol. The second-order valence-electron chi connectivity index (χ2n) is 3.52. The summed E-state index contributed by atoms with van der Waals surface area (Å²) in [5.74, 6) is -0.253. The van der Waals surface area contributed by atoms with Crippen LogP contribution < -0.4 is 10.6 Å². The highest BCUT2D eigenvalue weighted by molar-refractivity contribution is 5.97. The predicted octanol–water partition coefficient (Wildman–Crippen LogP) is -1.06. The molecule has 1 rings (SSSR count). The first-order valence-electron chi connectivity index (χ1n) is 4.86. The van der Waals surface area contributed by atoms with Crippen molar-refractivity contribution in [2.45, 2.75) is 19.4 Å². The normalized spacial score (nSPS) is 20.3. The van der Waals surface area contributed by atoms with E-state index in [4.69, 9.17) is 0 Å². The van der Waals surface area contributed by atoms with Gasteiger partial charge in [-0.2, -0.15) is 0 Å². The highest BCUT2D eigenvalue weighted by atomic mass is 16.2. The maximum Gasteiger partial charge on any atom is 0.232 e. The number of carbonyl (C=O) groups is 2. The summed E-state index contributed by atoms with van der Waals surface area (Å²) in [4.78, 5) is 24.4. The molecule has 0 aromatic carbocycles. The summed E-state index contributed by atoms with van der Waals surface area (Å²) in [7, 11) is 1.85. The lowest BCUT2D eigenvalue weighted by Crippen LogP contribution is -2.44. The Bertz CT molecular complexity index is 230. The van der Waals surface area contributed by atoms with Crippen LogP contribution in [-0.4, -0.2) is 49.4 Å². The summed E-state index contributed by atoms with van der Waals surface area (Å²) in [6, 6.07) is 0.139. The van der Waals surface area contributed by atoms with Gasteiger partial charge in [-0.25, -0.2) is 0 Å². The van der Waals surface area contributed by atoms with E-state index in [0.29, 0.717) is 13.1 Å². The topological polar surface area (TPSA) is 61.4 Å². The third-order valence-electron chi connectivity index (χ3n) is 2.34. The third-order valence-corrected chi connectivity index (χ3v) is 2.34. The molecule has 14 heavy (non-hydrogen) atoms. The molecule has 1 unspecified atom stereocenters. The van der Waals surface area contributed by atoms with Crippen LogP contribution >= 0.6 is 0 Å². The average molecular weight is 199 g/mol. The molecule has 1 aliphatic heterocycles. The molecule has 0 aromatic rings. The molecule has 1 aliphatic rings. The average Bonchev–Trinajstić information content (AvgIpc) is 2.27. The first-order chi connectivity index (χ1) is 6.65. The molecule has 1 saturated heterocycles. The van der Waals surface area contributed by atoms with Crippen LogP contribution in [0.2, 0.25) is 0 Å². The van der Waals surface area contributed by atoms with Gasteiger partial charge in [-0.3, -0.25) is 9.59 Å². The van der Waals surface area contributed by atoms with E-state index in [-0.39, 0.29) is 24.3 Å². The molecule has 2 amide bonds. The van der Waals surface area contributed by atoms with Crippen LogP contribution in [0.5, 0.6) is 0 Å². The van der Waals surface area contributed by atoms with Crippen molar-refractivity contribution in [1.29, 1.82) is 0 Å². The highest BCUT2D eigenvalue weighted by Crippen LogP contribution is 2.03. The molecule has 1 fully saturated rings. The minimum atomic E-state index is -0.172. The minimum Gasteiger partial charge on any atom is -0.354 e. The van der Waals surface area contributed by atoms with Gasteiger partial charge < -0.3 is 15.5 Å². The third kappa shape index (κ3) is 2.70. The molecule has 1 heterocycles. The second kappa shape index (κ2) is 4.95. The maximum atomic E-state index is 11.6. The Hall–Kier alpha value is -1.10. The molecule has 0 aromatic heterocycles.